The van der Waals surface area contributed by atoms with Crippen molar-refractivity contribution >= 4 is 27.8 Å². The lowest BCUT2D eigenvalue weighted by atomic mass is 10.1. The molecule has 0 aliphatic carbocycles. The van der Waals surface area contributed by atoms with Gasteiger partial charge < -0.3 is 14.1 Å². The van der Waals surface area contributed by atoms with Crippen LogP contribution in [0.4, 0.5) is 0 Å². The van der Waals surface area contributed by atoms with Gasteiger partial charge in [-0.3, -0.25) is 0 Å². The zero-order valence-electron chi connectivity index (χ0n) is 13.3. The van der Waals surface area contributed by atoms with Gasteiger partial charge in [0.25, 0.3) is 0 Å². The van der Waals surface area contributed by atoms with Crippen LogP contribution in [0, 0.1) is 6.92 Å². The maximum absolute atomic E-state index is 11.0. The summed E-state index contributed by atoms with van der Waals surface area (Å²) in [7, 11) is 0. The average Bonchev–Trinajstić information content (AvgIpc) is 3.18. The van der Waals surface area contributed by atoms with Gasteiger partial charge in [0.05, 0.1) is 17.4 Å². The molecule has 0 spiro atoms. The van der Waals surface area contributed by atoms with Crippen molar-refractivity contribution < 1.29 is 14.3 Å². The van der Waals surface area contributed by atoms with Gasteiger partial charge in [-0.1, -0.05) is 18.2 Å². The minimum Gasteiger partial charge on any atom is -0.474 e. The van der Waals surface area contributed by atoms with E-state index in [0.717, 1.165) is 34.0 Å². The van der Waals surface area contributed by atoms with Crippen LogP contribution in [-0.4, -0.2) is 25.6 Å². The van der Waals surface area contributed by atoms with Crippen LogP contribution in [0.1, 0.15) is 23.3 Å². The minimum absolute atomic E-state index is 0.333. The van der Waals surface area contributed by atoms with Crippen LogP contribution >= 0.6 is 0 Å². The molecule has 120 valence electrons. The van der Waals surface area contributed by atoms with Crippen molar-refractivity contribution in [2.24, 2.45) is 0 Å². The number of rotatable bonds is 3. The van der Waals surface area contributed by atoms with E-state index in [9.17, 15) is 4.79 Å². The number of nitrogens with zero attached hydrogens (tertiary/aromatic N) is 3. The highest BCUT2D eigenvalue weighted by molar-refractivity contribution is 6.09. The van der Waals surface area contributed by atoms with Crippen LogP contribution in [0.5, 0.6) is 0 Å². The predicted molar refractivity (Wildman–Crippen MR) is 90.1 cm³/mol. The average molecular weight is 321 g/mol. The fourth-order valence-corrected chi connectivity index (χ4v) is 3.22. The van der Waals surface area contributed by atoms with Gasteiger partial charge >= 0.3 is 11.9 Å². The molecular weight excluding hydrogens is 306 g/mol. The second kappa shape index (κ2) is 5.19. The van der Waals surface area contributed by atoms with Crippen molar-refractivity contribution in [2.45, 2.75) is 20.4 Å². The number of benzene rings is 1. The lowest BCUT2D eigenvalue weighted by Crippen LogP contribution is -1.97. The Morgan fingerprint density at radius 3 is 2.79 bits per heavy atom. The Bertz CT molecular complexity index is 1090. The summed E-state index contributed by atoms with van der Waals surface area (Å²) in [6.07, 6.45) is 1.40. The number of hydrogen-bond donors (Lipinski definition) is 1. The molecule has 3 heterocycles. The Balaban J connectivity index is 2.03. The maximum Gasteiger partial charge on any atom is 0.392 e. The molecule has 1 aromatic carbocycles. The number of pyridine rings is 1. The van der Waals surface area contributed by atoms with Crippen molar-refractivity contribution in [1.82, 2.24) is 14.5 Å². The summed E-state index contributed by atoms with van der Waals surface area (Å²) in [5.74, 6) is -1.17. The number of para-hydroxylation sites is 1. The van der Waals surface area contributed by atoms with Gasteiger partial charge in [-0.15, -0.1) is 0 Å². The lowest BCUT2D eigenvalue weighted by Gasteiger charge is -2.06. The molecular formula is C18H15N3O3. The third-order valence-corrected chi connectivity index (χ3v) is 4.18. The van der Waals surface area contributed by atoms with Gasteiger partial charge in [0.15, 0.2) is 5.76 Å². The summed E-state index contributed by atoms with van der Waals surface area (Å²) >= 11 is 0. The number of hydrogen-bond acceptors (Lipinski definition) is 4. The first kappa shape index (κ1) is 14.4. The van der Waals surface area contributed by atoms with E-state index in [1.807, 2.05) is 25.1 Å². The van der Waals surface area contributed by atoms with Crippen LogP contribution < -0.4 is 0 Å². The molecule has 0 aliphatic heterocycles. The second-order valence-electron chi connectivity index (χ2n) is 5.59. The Labute approximate surface area is 137 Å². The lowest BCUT2D eigenvalue weighted by molar-refractivity contribution is 0.0654. The Kier molecular flexibility index (Phi) is 3.13. The van der Waals surface area contributed by atoms with E-state index in [1.165, 1.54) is 6.20 Å². The standard InChI is InChI=1S/C18H15N3O3/c1-3-21-14-7-5-4-6-11(14)12-8-13(20-10(2)16(12)21)15-9-19-17(24-15)18(22)23/h4-9H,3H2,1-2H3,(H,22,23). The monoisotopic (exact) mass is 321 g/mol. The smallest absolute Gasteiger partial charge is 0.392 e. The molecule has 4 rings (SSSR count). The van der Waals surface area contributed by atoms with Crippen molar-refractivity contribution in [3.05, 3.63) is 48.1 Å². The molecule has 0 bridgehead atoms. The van der Waals surface area contributed by atoms with Crippen LogP contribution in [0.25, 0.3) is 33.3 Å². The number of carboxylic acid groups (broad SMARTS) is 1. The van der Waals surface area contributed by atoms with Crippen LogP contribution in [0.15, 0.2) is 40.9 Å². The van der Waals surface area contributed by atoms with E-state index in [1.54, 1.807) is 0 Å². The summed E-state index contributed by atoms with van der Waals surface area (Å²) in [5.41, 5.74) is 3.69. The summed E-state index contributed by atoms with van der Waals surface area (Å²) in [6, 6.07) is 10.1. The van der Waals surface area contributed by atoms with Crippen molar-refractivity contribution in [3.8, 4) is 11.5 Å². The highest BCUT2D eigenvalue weighted by Crippen LogP contribution is 2.33. The van der Waals surface area contributed by atoms with E-state index in [2.05, 4.69) is 33.6 Å². The molecule has 0 unspecified atom stereocenters. The zero-order valence-corrected chi connectivity index (χ0v) is 13.3. The SMILES string of the molecule is CCn1c2ccccc2c2cc(-c3cnc(C(=O)O)o3)nc(C)c21. The summed E-state index contributed by atoms with van der Waals surface area (Å²) in [5, 5.41) is 11.2. The molecule has 0 atom stereocenters. The summed E-state index contributed by atoms with van der Waals surface area (Å²) in [6.45, 7) is 4.90. The highest BCUT2D eigenvalue weighted by atomic mass is 16.4. The van der Waals surface area contributed by atoms with Crippen molar-refractivity contribution in [2.75, 3.05) is 0 Å². The largest absolute Gasteiger partial charge is 0.474 e. The Morgan fingerprint density at radius 2 is 2.08 bits per heavy atom. The summed E-state index contributed by atoms with van der Waals surface area (Å²) in [4.78, 5) is 19.3. The highest BCUT2D eigenvalue weighted by Gasteiger charge is 2.17. The fraction of sp³-hybridized carbons (Fsp3) is 0.167. The van der Waals surface area contributed by atoms with E-state index >= 15 is 0 Å². The second-order valence-corrected chi connectivity index (χ2v) is 5.59. The first-order valence-corrected chi connectivity index (χ1v) is 7.68. The number of aryl methyl sites for hydroxylation is 2. The number of aromatic carboxylic acids is 1. The maximum atomic E-state index is 11.0. The Morgan fingerprint density at radius 1 is 1.29 bits per heavy atom. The molecule has 0 saturated heterocycles. The number of oxazole rings is 1. The van der Waals surface area contributed by atoms with E-state index in [-0.39, 0.29) is 5.89 Å². The van der Waals surface area contributed by atoms with E-state index < -0.39 is 5.97 Å². The number of carboxylic acids is 1. The molecule has 0 fully saturated rings. The van der Waals surface area contributed by atoms with Gasteiger partial charge in [0, 0.05) is 22.8 Å². The van der Waals surface area contributed by atoms with Crippen LogP contribution in [0.3, 0.4) is 0 Å². The van der Waals surface area contributed by atoms with Gasteiger partial charge in [0.1, 0.15) is 5.69 Å². The third-order valence-electron chi connectivity index (χ3n) is 4.18. The summed E-state index contributed by atoms with van der Waals surface area (Å²) < 4.78 is 7.54. The minimum atomic E-state index is -1.19. The first-order chi connectivity index (χ1) is 11.6. The molecule has 0 aliphatic rings. The molecule has 24 heavy (non-hydrogen) atoms. The molecule has 0 radical (unpaired) electrons. The third kappa shape index (κ3) is 2.00. The van der Waals surface area contributed by atoms with Gasteiger partial charge in [-0.2, -0.15) is 0 Å². The fourth-order valence-electron chi connectivity index (χ4n) is 3.22. The zero-order chi connectivity index (χ0) is 16.8. The van der Waals surface area contributed by atoms with Gasteiger partial charge in [-0.25, -0.2) is 14.8 Å². The molecule has 3 aromatic heterocycles. The van der Waals surface area contributed by atoms with Crippen molar-refractivity contribution in [3.63, 3.8) is 0 Å². The van der Waals surface area contributed by atoms with E-state index in [4.69, 9.17) is 9.52 Å². The van der Waals surface area contributed by atoms with Gasteiger partial charge in [0.2, 0.25) is 0 Å². The van der Waals surface area contributed by atoms with Crippen molar-refractivity contribution in [1.29, 1.82) is 0 Å². The predicted octanol–water partition coefficient (Wildman–Crippen LogP) is 3.87. The van der Waals surface area contributed by atoms with Crippen LogP contribution in [0.2, 0.25) is 0 Å². The molecule has 0 saturated carbocycles. The normalized spacial score (nSPS) is 11.4. The molecule has 6 nitrogen and oxygen atoms in total. The Hall–Kier alpha value is -3.15. The van der Waals surface area contributed by atoms with E-state index in [0.29, 0.717) is 11.5 Å². The molecule has 1 N–H and O–H groups in total. The number of carbonyl (C=O) groups is 1. The molecule has 4 aromatic rings. The van der Waals surface area contributed by atoms with Crippen LogP contribution in [-0.2, 0) is 6.54 Å². The molecule has 0 amide bonds. The molecule has 6 heteroatoms. The van der Waals surface area contributed by atoms with Gasteiger partial charge in [-0.05, 0) is 26.0 Å². The topological polar surface area (TPSA) is 81.2 Å². The number of aromatic nitrogens is 3. The quantitative estimate of drug-likeness (QED) is 0.619. The number of fused-ring (bicyclic) bond motifs is 3. The first-order valence-electron chi connectivity index (χ1n) is 7.68.